The van der Waals surface area contributed by atoms with E-state index in [4.69, 9.17) is 9.47 Å². The maximum atomic E-state index is 12.3. The lowest BCUT2D eigenvalue weighted by Gasteiger charge is -2.23. The maximum absolute atomic E-state index is 12.3. The summed E-state index contributed by atoms with van der Waals surface area (Å²) in [6, 6.07) is 16.1. The van der Waals surface area contributed by atoms with Gasteiger partial charge in [0.2, 0.25) is 0 Å². The monoisotopic (exact) mass is 367 g/mol. The van der Waals surface area contributed by atoms with E-state index in [-0.39, 0.29) is 5.91 Å². The highest BCUT2D eigenvalue weighted by Gasteiger charge is 2.18. The van der Waals surface area contributed by atoms with Gasteiger partial charge in [0.05, 0.1) is 27.3 Å². The number of hydrogen-bond acceptors (Lipinski definition) is 3. The van der Waals surface area contributed by atoms with Crippen LogP contribution < -0.4 is 19.7 Å². The van der Waals surface area contributed by atoms with Crippen LogP contribution in [0, 0.1) is 0 Å². The number of carbonyl (C=O) groups excluding carboxylic acids is 1. The Balaban J connectivity index is 1.48. The molecule has 1 unspecified atom stereocenters. The average Bonchev–Trinajstić information content (AvgIpc) is 2.73. The topological polar surface area (TPSA) is 52.0 Å². The molecular weight excluding hydrogens is 340 g/mol. The van der Waals surface area contributed by atoms with Crippen LogP contribution in [0.4, 0.5) is 0 Å². The van der Waals surface area contributed by atoms with E-state index in [0.29, 0.717) is 24.6 Å². The number of carbonyl (C=O) groups is 1. The van der Waals surface area contributed by atoms with Crippen LogP contribution in [-0.2, 0) is 11.3 Å². The number of methoxy groups -OCH3 is 2. The second kappa shape index (κ2) is 9.24. The lowest BCUT2D eigenvalue weighted by Crippen LogP contribution is -3.13. The number of rotatable bonds is 7. The molecule has 0 spiro atoms. The molecule has 0 radical (unpaired) electrons. The molecule has 5 heteroatoms. The molecule has 5 nitrogen and oxygen atoms in total. The van der Waals surface area contributed by atoms with Gasteiger partial charge >= 0.3 is 0 Å². The Kier molecular flexibility index (Phi) is 6.49. The number of ether oxygens (including phenoxy) is 2. The highest BCUT2D eigenvalue weighted by atomic mass is 16.5. The molecule has 27 heavy (non-hydrogen) atoms. The molecule has 0 aliphatic carbocycles. The summed E-state index contributed by atoms with van der Waals surface area (Å²) in [5, 5.41) is 3.00. The molecule has 0 bridgehead atoms. The van der Waals surface area contributed by atoms with Crippen LogP contribution in [0.3, 0.4) is 0 Å². The second-order valence-electron chi connectivity index (χ2n) is 6.69. The zero-order valence-corrected chi connectivity index (χ0v) is 16.0. The van der Waals surface area contributed by atoms with Gasteiger partial charge in [-0.25, -0.2) is 0 Å². The third-order valence-corrected chi connectivity index (χ3v) is 4.88. The standard InChI is InChI=1S/C22H26N2O3/c1-26-20-9-8-17(14-21(20)27-2)15-23-22(25)16-24-12-10-19(11-13-24)18-6-4-3-5-7-18/h3-10,14H,11-13,15-16H2,1-2H3,(H,23,25)/p+1. The van der Waals surface area contributed by atoms with E-state index in [9.17, 15) is 4.79 Å². The summed E-state index contributed by atoms with van der Waals surface area (Å²) < 4.78 is 10.5. The Bertz CT molecular complexity index is 802. The minimum absolute atomic E-state index is 0.0661. The van der Waals surface area contributed by atoms with Crippen LogP contribution in [0.5, 0.6) is 11.5 Å². The molecule has 0 fully saturated rings. The number of nitrogens with one attached hydrogen (secondary N) is 2. The first-order chi connectivity index (χ1) is 13.2. The first-order valence-electron chi connectivity index (χ1n) is 9.25. The molecule has 1 aliphatic rings. The van der Waals surface area contributed by atoms with Crippen molar-refractivity contribution in [2.24, 2.45) is 0 Å². The molecule has 2 N–H and O–H groups in total. The quantitative estimate of drug-likeness (QED) is 0.783. The van der Waals surface area contributed by atoms with Gasteiger partial charge in [-0.3, -0.25) is 4.79 Å². The summed E-state index contributed by atoms with van der Waals surface area (Å²) >= 11 is 0. The van der Waals surface area contributed by atoms with E-state index in [0.717, 1.165) is 25.1 Å². The van der Waals surface area contributed by atoms with Crippen LogP contribution in [0.15, 0.2) is 54.6 Å². The van der Waals surface area contributed by atoms with E-state index in [2.05, 4.69) is 35.7 Å². The molecule has 0 saturated carbocycles. The fourth-order valence-corrected chi connectivity index (χ4v) is 3.34. The molecule has 2 aromatic carbocycles. The Hall–Kier alpha value is -2.79. The van der Waals surface area contributed by atoms with Crippen molar-refractivity contribution in [2.75, 3.05) is 33.9 Å². The largest absolute Gasteiger partial charge is 0.493 e. The molecule has 0 saturated heterocycles. The third-order valence-electron chi connectivity index (χ3n) is 4.88. The molecule has 1 aliphatic heterocycles. The summed E-state index contributed by atoms with van der Waals surface area (Å²) in [7, 11) is 3.22. The van der Waals surface area contributed by atoms with Gasteiger partial charge in [0.15, 0.2) is 18.0 Å². The minimum atomic E-state index is 0.0661. The first kappa shape index (κ1) is 19.0. The van der Waals surface area contributed by atoms with Gasteiger partial charge < -0.3 is 19.7 Å². The summed E-state index contributed by atoms with van der Waals surface area (Å²) in [4.78, 5) is 13.6. The predicted octanol–water partition coefficient (Wildman–Crippen LogP) is 1.69. The van der Waals surface area contributed by atoms with E-state index in [1.54, 1.807) is 14.2 Å². The molecule has 2 aromatic rings. The third kappa shape index (κ3) is 5.11. The zero-order chi connectivity index (χ0) is 19.1. The predicted molar refractivity (Wildman–Crippen MR) is 106 cm³/mol. The van der Waals surface area contributed by atoms with Gasteiger partial charge in [-0.2, -0.15) is 0 Å². The maximum Gasteiger partial charge on any atom is 0.275 e. The normalized spacial score (nSPS) is 16.4. The second-order valence-corrected chi connectivity index (χ2v) is 6.69. The Morgan fingerprint density at radius 2 is 1.85 bits per heavy atom. The smallest absolute Gasteiger partial charge is 0.275 e. The van der Waals surface area contributed by atoms with Crippen molar-refractivity contribution in [1.82, 2.24) is 5.32 Å². The van der Waals surface area contributed by atoms with Crippen molar-refractivity contribution in [3.8, 4) is 11.5 Å². The van der Waals surface area contributed by atoms with E-state index in [1.807, 2.05) is 24.3 Å². The zero-order valence-electron chi connectivity index (χ0n) is 16.0. The highest BCUT2D eigenvalue weighted by molar-refractivity contribution is 5.77. The molecular formula is C22H27N2O3+. The van der Waals surface area contributed by atoms with E-state index < -0.39 is 0 Å². The van der Waals surface area contributed by atoms with Crippen LogP contribution in [0.25, 0.3) is 5.57 Å². The highest BCUT2D eigenvalue weighted by Crippen LogP contribution is 2.27. The minimum Gasteiger partial charge on any atom is -0.493 e. The summed E-state index contributed by atoms with van der Waals surface area (Å²) in [5.41, 5.74) is 3.65. The Morgan fingerprint density at radius 3 is 2.52 bits per heavy atom. The summed E-state index contributed by atoms with van der Waals surface area (Å²) in [5.74, 6) is 1.42. The average molecular weight is 367 g/mol. The van der Waals surface area contributed by atoms with Crippen molar-refractivity contribution < 1.29 is 19.2 Å². The fourth-order valence-electron chi connectivity index (χ4n) is 3.34. The van der Waals surface area contributed by atoms with Crippen LogP contribution in [-0.4, -0.2) is 39.8 Å². The molecule has 1 atom stereocenters. The van der Waals surface area contributed by atoms with Crippen LogP contribution in [0.1, 0.15) is 17.5 Å². The molecule has 0 aromatic heterocycles. The van der Waals surface area contributed by atoms with Crippen molar-refractivity contribution in [2.45, 2.75) is 13.0 Å². The molecule has 1 heterocycles. The number of quaternary nitrogens is 1. The van der Waals surface area contributed by atoms with Crippen molar-refractivity contribution >= 4 is 11.5 Å². The fraction of sp³-hybridized carbons (Fsp3) is 0.318. The summed E-state index contributed by atoms with van der Waals surface area (Å²) in [6.07, 6.45) is 3.26. The van der Waals surface area contributed by atoms with Crippen molar-refractivity contribution in [3.63, 3.8) is 0 Å². The van der Waals surface area contributed by atoms with Gasteiger partial charge in [0.25, 0.3) is 5.91 Å². The van der Waals surface area contributed by atoms with Crippen LogP contribution >= 0.6 is 0 Å². The number of benzene rings is 2. The van der Waals surface area contributed by atoms with Gasteiger partial charge in [-0.15, -0.1) is 0 Å². The first-order valence-corrected chi connectivity index (χ1v) is 9.25. The van der Waals surface area contributed by atoms with E-state index >= 15 is 0 Å². The van der Waals surface area contributed by atoms with Gasteiger partial charge in [0.1, 0.15) is 0 Å². The van der Waals surface area contributed by atoms with Crippen molar-refractivity contribution in [1.29, 1.82) is 0 Å². The van der Waals surface area contributed by atoms with Crippen molar-refractivity contribution in [3.05, 3.63) is 65.7 Å². The Labute approximate surface area is 160 Å². The van der Waals surface area contributed by atoms with E-state index in [1.165, 1.54) is 16.0 Å². The van der Waals surface area contributed by atoms with Gasteiger partial charge in [-0.05, 0) is 34.9 Å². The number of hydrogen-bond donors (Lipinski definition) is 2. The van der Waals surface area contributed by atoms with Gasteiger partial charge in [-0.1, -0.05) is 36.4 Å². The SMILES string of the molecule is COc1ccc(CNC(=O)C[NH+]2CC=C(c3ccccc3)CC2)cc1OC. The summed E-state index contributed by atoms with van der Waals surface area (Å²) in [6.45, 7) is 2.84. The lowest BCUT2D eigenvalue weighted by molar-refractivity contribution is -0.886. The molecule has 3 rings (SSSR count). The van der Waals surface area contributed by atoms with Gasteiger partial charge in [0, 0.05) is 13.0 Å². The Morgan fingerprint density at radius 1 is 1.07 bits per heavy atom. The molecule has 142 valence electrons. The number of amides is 1. The van der Waals surface area contributed by atoms with Crippen LogP contribution in [0.2, 0.25) is 0 Å². The molecule has 1 amide bonds. The lowest BCUT2D eigenvalue weighted by atomic mass is 10.00.